The Bertz CT molecular complexity index is 341. The highest BCUT2D eigenvalue weighted by Crippen LogP contribution is 2.46. The van der Waals surface area contributed by atoms with Gasteiger partial charge >= 0.3 is 0 Å². The second-order valence-corrected chi connectivity index (χ2v) is 4.62. The maximum Gasteiger partial charge on any atom is 0.137 e. The van der Waals surface area contributed by atoms with Gasteiger partial charge in [0.15, 0.2) is 0 Å². The van der Waals surface area contributed by atoms with Crippen LogP contribution in [-0.2, 0) is 0 Å². The molecule has 0 unspecified atom stereocenters. The summed E-state index contributed by atoms with van der Waals surface area (Å²) >= 11 is 0. The fraction of sp³-hybridized carbons (Fsp3) is 0.583. The van der Waals surface area contributed by atoms with E-state index in [1.54, 1.807) is 12.4 Å². The molecule has 1 aromatic rings. The van der Waals surface area contributed by atoms with Gasteiger partial charge in [0.05, 0.1) is 6.20 Å². The molecule has 0 spiro atoms. The number of nitrogens with zero attached hydrogens (tertiary/aromatic N) is 2. The van der Waals surface area contributed by atoms with Crippen LogP contribution in [0.25, 0.3) is 0 Å². The van der Waals surface area contributed by atoms with Crippen LogP contribution >= 0.6 is 0 Å². The standard InChI is InChI=1S/C12H16N2O/c1-14-10(5-9-6-12(9)14)8-15-11-3-2-4-13-7-11/h2-4,7,9-10,12H,5-6,8H2,1H3/t9-,10+,12+/m1/s1. The third-order valence-corrected chi connectivity index (χ3v) is 3.64. The van der Waals surface area contributed by atoms with Gasteiger partial charge in [0.25, 0.3) is 0 Å². The first kappa shape index (κ1) is 9.16. The zero-order valence-electron chi connectivity index (χ0n) is 8.97. The van der Waals surface area contributed by atoms with E-state index in [1.165, 1.54) is 12.8 Å². The van der Waals surface area contributed by atoms with E-state index in [0.717, 1.165) is 24.3 Å². The van der Waals surface area contributed by atoms with Gasteiger partial charge in [-0.05, 0) is 37.9 Å². The number of piperidine rings is 1. The minimum absolute atomic E-state index is 0.606. The summed E-state index contributed by atoms with van der Waals surface area (Å²) in [6.07, 6.45) is 6.25. The molecule has 0 amide bonds. The van der Waals surface area contributed by atoms with Crippen molar-refractivity contribution >= 4 is 0 Å². The van der Waals surface area contributed by atoms with Gasteiger partial charge < -0.3 is 4.74 Å². The molecule has 0 N–H and O–H groups in total. The van der Waals surface area contributed by atoms with Crippen LogP contribution in [0.15, 0.2) is 24.5 Å². The molecular formula is C12H16N2O. The number of pyridine rings is 1. The molecule has 0 bridgehead atoms. The van der Waals surface area contributed by atoms with Gasteiger partial charge in [0, 0.05) is 18.3 Å². The van der Waals surface area contributed by atoms with Crippen LogP contribution in [-0.4, -0.2) is 35.6 Å². The Balaban J connectivity index is 1.54. The average Bonchev–Trinajstić information content (AvgIpc) is 2.98. The normalized spacial score (nSPS) is 33.8. The average molecular weight is 204 g/mol. The van der Waals surface area contributed by atoms with Crippen molar-refractivity contribution in [1.29, 1.82) is 0 Å². The van der Waals surface area contributed by atoms with E-state index in [2.05, 4.69) is 16.9 Å². The first-order valence-corrected chi connectivity index (χ1v) is 5.59. The quantitative estimate of drug-likeness (QED) is 0.747. The van der Waals surface area contributed by atoms with E-state index in [0.29, 0.717) is 6.04 Å². The molecule has 3 nitrogen and oxygen atoms in total. The van der Waals surface area contributed by atoms with Crippen molar-refractivity contribution < 1.29 is 4.74 Å². The Hall–Kier alpha value is -1.09. The number of likely N-dealkylation sites (N-methyl/N-ethyl adjacent to an activating group) is 1. The summed E-state index contributed by atoms with van der Waals surface area (Å²) in [5, 5.41) is 0. The van der Waals surface area contributed by atoms with Crippen LogP contribution in [0.3, 0.4) is 0 Å². The highest BCUT2D eigenvalue weighted by atomic mass is 16.5. The van der Waals surface area contributed by atoms with Crippen molar-refractivity contribution in [3.05, 3.63) is 24.5 Å². The SMILES string of the molecule is CN1[C@H](COc2cccnc2)C[C@@H]2C[C@@H]21. The lowest BCUT2D eigenvalue weighted by Crippen LogP contribution is -2.33. The molecule has 3 rings (SSSR count). The van der Waals surface area contributed by atoms with Crippen molar-refractivity contribution in [1.82, 2.24) is 9.88 Å². The Morgan fingerprint density at radius 3 is 3.13 bits per heavy atom. The minimum atomic E-state index is 0.606. The zero-order chi connectivity index (χ0) is 10.3. The summed E-state index contributed by atoms with van der Waals surface area (Å²) in [5.74, 6) is 1.84. The van der Waals surface area contributed by atoms with Crippen LogP contribution in [0.4, 0.5) is 0 Å². The predicted octanol–water partition coefficient (Wildman–Crippen LogP) is 1.55. The van der Waals surface area contributed by atoms with Gasteiger partial charge in [-0.2, -0.15) is 0 Å². The molecule has 2 aliphatic rings. The largest absolute Gasteiger partial charge is 0.490 e. The fourth-order valence-corrected chi connectivity index (χ4v) is 2.58. The summed E-state index contributed by atoms with van der Waals surface area (Å²) in [5.41, 5.74) is 0. The molecule has 0 radical (unpaired) electrons. The molecule has 1 saturated heterocycles. The molecule has 1 aliphatic heterocycles. The lowest BCUT2D eigenvalue weighted by atomic mass is 10.2. The van der Waals surface area contributed by atoms with Crippen LogP contribution in [0, 0.1) is 5.92 Å². The maximum atomic E-state index is 5.73. The van der Waals surface area contributed by atoms with E-state index in [4.69, 9.17) is 4.74 Å². The van der Waals surface area contributed by atoms with Gasteiger partial charge in [0.1, 0.15) is 12.4 Å². The lowest BCUT2D eigenvalue weighted by molar-refractivity contribution is 0.176. The smallest absolute Gasteiger partial charge is 0.137 e. The highest BCUT2D eigenvalue weighted by Gasteiger charge is 2.50. The Morgan fingerprint density at radius 1 is 1.53 bits per heavy atom. The second-order valence-electron chi connectivity index (χ2n) is 4.62. The second kappa shape index (κ2) is 3.49. The fourth-order valence-electron chi connectivity index (χ4n) is 2.58. The number of likely N-dealkylation sites (tertiary alicyclic amines) is 1. The third-order valence-electron chi connectivity index (χ3n) is 3.64. The van der Waals surface area contributed by atoms with E-state index >= 15 is 0 Å². The maximum absolute atomic E-state index is 5.73. The highest BCUT2D eigenvalue weighted by molar-refractivity contribution is 5.15. The molecular weight excluding hydrogens is 188 g/mol. The molecule has 1 aliphatic carbocycles. The number of hydrogen-bond acceptors (Lipinski definition) is 3. The van der Waals surface area contributed by atoms with E-state index in [9.17, 15) is 0 Å². The Morgan fingerprint density at radius 2 is 2.47 bits per heavy atom. The summed E-state index contributed by atoms with van der Waals surface area (Å²) in [6, 6.07) is 5.33. The van der Waals surface area contributed by atoms with E-state index in [1.807, 2.05) is 12.1 Å². The molecule has 80 valence electrons. The summed E-state index contributed by atoms with van der Waals surface area (Å²) in [6.45, 7) is 0.801. The van der Waals surface area contributed by atoms with Crippen molar-refractivity contribution in [3.63, 3.8) is 0 Å². The topological polar surface area (TPSA) is 25.4 Å². The van der Waals surface area contributed by atoms with Crippen LogP contribution in [0.1, 0.15) is 12.8 Å². The Labute approximate surface area is 90.1 Å². The number of fused-ring (bicyclic) bond motifs is 1. The number of hydrogen-bond donors (Lipinski definition) is 0. The predicted molar refractivity (Wildman–Crippen MR) is 57.8 cm³/mol. The molecule has 3 atom stereocenters. The molecule has 2 heterocycles. The van der Waals surface area contributed by atoms with Crippen molar-refractivity contribution in [2.45, 2.75) is 24.9 Å². The van der Waals surface area contributed by atoms with Crippen LogP contribution in [0.5, 0.6) is 5.75 Å². The van der Waals surface area contributed by atoms with Crippen LogP contribution < -0.4 is 4.74 Å². The number of aromatic nitrogens is 1. The molecule has 15 heavy (non-hydrogen) atoms. The van der Waals surface area contributed by atoms with Crippen molar-refractivity contribution in [3.8, 4) is 5.75 Å². The molecule has 2 fully saturated rings. The Kier molecular flexibility index (Phi) is 2.13. The van der Waals surface area contributed by atoms with Gasteiger partial charge in [-0.15, -0.1) is 0 Å². The number of rotatable bonds is 3. The monoisotopic (exact) mass is 204 g/mol. The first-order chi connectivity index (χ1) is 7.34. The third kappa shape index (κ3) is 1.72. The van der Waals surface area contributed by atoms with E-state index < -0.39 is 0 Å². The van der Waals surface area contributed by atoms with Gasteiger partial charge in [-0.3, -0.25) is 9.88 Å². The van der Waals surface area contributed by atoms with E-state index in [-0.39, 0.29) is 0 Å². The molecule has 3 heteroatoms. The summed E-state index contributed by atoms with van der Waals surface area (Å²) < 4.78 is 5.73. The molecule has 1 saturated carbocycles. The zero-order valence-corrected chi connectivity index (χ0v) is 8.97. The van der Waals surface area contributed by atoms with Crippen LogP contribution in [0.2, 0.25) is 0 Å². The number of ether oxygens (including phenoxy) is 1. The molecule has 0 aromatic carbocycles. The first-order valence-electron chi connectivity index (χ1n) is 5.59. The lowest BCUT2D eigenvalue weighted by Gasteiger charge is -2.22. The van der Waals surface area contributed by atoms with Gasteiger partial charge in [0.2, 0.25) is 0 Å². The van der Waals surface area contributed by atoms with Crippen molar-refractivity contribution in [2.24, 2.45) is 5.92 Å². The summed E-state index contributed by atoms with van der Waals surface area (Å²) in [7, 11) is 2.22. The van der Waals surface area contributed by atoms with Gasteiger partial charge in [-0.25, -0.2) is 0 Å². The minimum Gasteiger partial charge on any atom is -0.490 e. The van der Waals surface area contributed by atoms with Crippen molar-refractivity contribution in [2.75, 3.05) is 13.7 Å². The summed E-state index contributed by atoms with van der Waals surface area (Å²) in [4.78, 5) is 6.51. The molecule has 1 aromatic heterocycles. The van der Waals surface area contributed by atoms with Gasteiger partial charge in [-0.1, -0.05) is 0 Å².